The van der Waals surface area contributed by atoms with Crippen molar-refractivity contribution in [2.24, 2.45) is 0 Å². The number of benzene rings is 2. The fraction of sp³-hybridized carbons (Fsp3) is 0.600. The Hall–Kier alpha value is -4.48. The summed E-state index contributed by atoms with van der Waals surface area (Å²) in [6, 6.07) is 7.41. The summed E-state index contributed by atoms with van der Waals surface area (Å²) in [6.07, 6.45) is 11.5. The summed E-state index contributed by atoms with van der Waals surface area (Å²) in [5, 5.41) is 17.2. The van der Waals surface area contributed by atoms with Gasteiger partial charge in [-0.1, -0.05) is 80.1 Å². The van der Waals surface area contributed by atoms with E-state index < -0.39 is 0 Å². The van der Waals surface area contributed by atoms with Crippen LogP contribution >= 0.6 is 0 Å². The Morgan fingerprint density at radius 1 is 0.365 bits per heavy atom. The third-order valence-electron chi connectivity index (χ3n) is 8.08. The molecule has 0 amide bonds. The lowest BCUT2D eigenvalue weighted by molar-refractivity contribution is 0.237. The van der Waals surface area contributed by atoms with Crippen LogP contribution in [0.15, 0.2) is 33.1 Å². The van der Waals surface area contributed by atoms with Gasteiger partial charge in [0.15, 0.2) is 23.0 Å². The maximum absolute atomic E-state index is 6.21. The number of hydrogen-bond donors (Lipinski definition) is 0. The number of nitrogens with zero attached hydrogens (tertiary/aromatic N) is 4. The molecule has 4 rings (SSSR count). The van der Waals surface area contributed by atoms with Gasteiger partial charge in [0, 0.05) is 11.1 Å². The Bertz CT molecular complexity index is 1420. The first kappa shape index (κ1) is 40.3. The third-order valence-corrected chi connectivity index (χ3v) is 8.08. The molecule has 12 heteroatoms. The van der Waals surface area contributed by atoms with Gasteiger partial charge in [0.25, 0.3) is 0 Å². The summed E-state index contributed by atoms with van der Waals surface area (Å²) in [6.45, 7) is 16.0. The van der Waals surface area contributed by atoms with Gasteiger partial charge in [0.2, 0.25) is 23.3 Å². The predicted molar refractivity (Wildman–Crippen MR) is 201 cm³/mol. The van der Waals surface area contributed by atoms with Crippen LogP contribution in [0, 0.1) is 0 Å². The van der Waals surface area contributed by atoms with Gasteiger partial charge in [-0.3, -0.25) is 0 Å². The average Bonchev–Trinajstić information content (AvgIpc) is 3.85. The van der Waals surface area contributed by atoms with E-state index in [1.165, 1.54) is 0 Å². The Kier molecular flexibility index (Phi) is 17.4. The van der Waals surface area contributed by atoms with E-state index in [-0.39, 0.29) is 23.6 Å². The molecular weight excluding hydrogens is 664 g/mol. The van der Waals surface area contributed by atoms with Crippen LogP contribution < -0.4 is 28.4 Å². The molecule has 2 heterocycles. The number of ether oxygens (including phenoxy) is 6. The van der Waals surface area contributed by atoms with E-state index in [2.05, 4.69) is 61.9 Å². The van der Waals surface area contributed by atoms with Gasteiger partial charge in [-0.2, -0.15) is 0 Å². The molecule has 2 aromatic heterocycles. The SMILES string of the molecule is CCCCOc1cc(-c2nnc(-c3nnc(-c4cc(OCCCC)c(OCCCC)c(OCCCC)c4)o3)o2)cc(OCCCC)c1OCCCC. The van der Waals surface area contributed by atoms with Gasteiger partial charge >= 0.3 is 11.8 Å². The van der Waals surface area contributed by atoms with Gasteiger partial charge in [0.1, 0.15) is 0 Å². The molecule has 0 aliphatic rings. The van der Waals surface area contributed by atoms with E-state index >= 15 is 0 Å². The average molecular weight is 723 g/mol. The summed E-state index contributed by atoms with van der Waals surface area (Å²) < 4.78 is 49.5. The van der Waals surface area contributed by atoms with E-state index in [1.807, 2.05) is 24.3 Å². The maximum Gasteiger partial charge on any atom is 0.306 e. The lowest BCUT2D eigenvalue weighted by Crippen LogP contribution is -2.06. The standard InChI is InChI=1S/C40H58N4O8/c1-7-13-19-45-31-25-29(26-32(46-20-14-8-2)35(31)49-23-17-11-5)37-41-43-39(51-37)40-44-42-38(52-40)30-27-33(47-21-15-9-3)36(50-24-18-12-6)34(28-30)48-22-16-10-4/h25-28H,7-24H2,1-6H3. The van der Waals surface area contributed by atoms with E-state index in [4.69, 9.17) is 37.3 Å². The van der Waals surface area contributed by atoms with Gasteiger partial charge in [-0.25, -0.2) is 0 Å². The number of rotatable bonds is 27. The van der Waals surface area contributed by atoms with Crippen molar-refractivity contribution in [1.82, 2.24) is 20.4 Å². The van der Waals surface area contributed by atoms with E-state index in [9.17, 15) is 0 Å². The molecule has 0 saturated heterocycles. The summed E-state index contributed by atoms with van der Waals surface area (Å²) in [5.41, 5.74) is 1.25. The van der Waals surface area contributed by atoms with Crippen molar-refractivity contribution in [2.75, 3.05) is 39.6 Å². The molecule has 0 saturated carbocycles. The Morgan fingerprint density at radius 3 is 0.885 bits per heavy atom. The minimum absolute atomic E-state index is 0.0808. The molecule has 2 aromatic carbocycles. The van der Waals surface area contributed by atoms with Gasteiger partial charge in [-0.05, 0) is 62.8 Å². The van der Waals surface area contributed by atoms with Crippen molar-refractivity contribution in [2.45, 2.75) is 119 Å². The van der Waals surface area contributed by atoms with Crippen LogP contribution in [-0.4, -0.2) is 60.0 Å². The zero-order chi connectivity index (χ0) is 37.0. The first-order valence-corrected chi connectivity index (χ1v) is 19.4. The lowest BCUT2D eigenvalue weighted by atomic mass is 10.1. The Labute approximate surface area is 308 Å². The summed E-state index contributed by atoms with van der Waals surface area (Å²) in [4.78, 5) is 0. The zero-order valence-electron chi connectivity index (χ0n) is 32.1. The molecule has 0 N–H and O–H groups in total. The summed E-state index contributed by atoms with van der Waals surface area (Å²) in [7, 11) is 0. The van der Waals surface area contributed by atoms with Crippen LogP contribution in [0.3, 0.4) is 0 Å². The normalized spacial score (nSPS) is 11.1. The van der Waals surface area contributed by atoms with Crippen LogP contribution in [0.5, 0.6) is 34.5 Å². The van der Waals surface area contributed by atoms with Crippen LogP contribution in [-0.2, 0) is 0 Å². The molecule has 4 aromatic rings. The van der Waals surface area contributed by atoms with Crippen LogP contribution in [0.1, 0.15) is 119 Å². The predicted octanol–water partition coefficient (Wildman–Crippen LogP) is 10.5. The molecular formula is C40H58N4O8. The zero-order valence-corrected chi connectivity index (χ0v) is 32.1. The van der Waals surface area contributed by atoms with Crippen LogP contribution in [0.4, 0.5) is 0 Å². The van der Waals surface area contributed by atoms with Crippen molar-refractivity contribution in [3.05, 3.63) is 24.3 Å². The molecule has 0 bridgehead atoms. The first-order valence-electron chi connectivity index (χ1n) is 19.4. The molecule has 0 radical (unpaired) electrons. The topological polar surface area (TPSA) is 133 Å². The van der Waals surface area contributed by atoms with Crippen molar-refractivity contribution >= 4 is 0 Å². The fourth-order valence-electron chi connectivity index (χ4n) is 4.91. The molecule has 0 aliphatic heterocycles. The first-order chi connectivity index (χ1) is 25.6. The third kappa shape index (κ3) is 11.8. The monoisotopic (exact) mass is 722 g/mol. The van der Waals surface area contributed by atoms with Crippen LogP contribution in [0.25, 0.3) is 34.7 Å². The number of hydrogen-bond acceptors (Lipinski definition) is 12. The highest BCUT2D eigenvalue weighted by Gasteiger charge is 2.24. The minimum Gasteiger partial charge on any atom is -0.490 e. The molecule has 0 spiro atoms. The van der Waals surface area contributed by atoms with Crippen molar-refractivity contribution in [3.8, 4) is 69.2 Å². The molecule has 12 nitrogen and oxygen atoms in total. The quantitative estimate of drug-likeness (QED) is 0.0542. The van der Waals surface area contributed by atoms with E-state index in [0.717, 1.165) is 77.0 Å². The highest BCUT2D eigenvalue weighted by atomic mass is 16.5. The largest absolute Gasteiger partial charge is 0.490 e. The Balaban J connectivity index is 1.67. The van der Waals surface area contributed by atoms with Crippen molar-refractivity contribution < 1.29 is 37.3 Å². The van der Waals surface area contributed by atoms with E-state index in [1.54, 1.807) is 0 Å². The second kappa shape index (κ2) is 22.5. The maximum atomic E-state index is 6.21. The lowest BCUT2D eigenvalue weighted by Gasteiger charge is -2.18. The summed E-state index contributed by atoms with van der Waals surface area (Å²) in [5.74, 6) is 4.13. The molecule has 0 aliphatic carbocycles. The molecule has 52 heavy (non-hydrogen) atoms. The van der Waals surface area contributed by atoms with Crippen molar-refractivity contribution in [1.29, 1.82) is 0 Å². The molecule has 0 atom stereocenters. The second-order valence-electron chi connectivity index (χ2n) is 12.6. The molecule has 0 fully saturated rings. The van der Waals surface area contributed by atoms with Gasteiger partial charge in [-0.15, -0.1) is 20.4 Å². The van der Waals surface area contributed by atoms with Crippen LogP contribution in [0.2, 0.25) is 0 Å². The van der Waals surface area contributed by atoms with E-state index in [0.29, 0.717) is 85.3 Å². The second-order valence-corrected chi connectivity index (χ2v) is 12.6. The van der Waals surface area contributed by atoms with Crippen molar-refractivity contribution in [3.63, 3.8) is 0 Å². The minimum atomic E-state index is 0.0808. The fourth-order valence-corrected chi connectivity index (χ4v) is 4.91. The van der Waals surface area contributed by atoms with Gasteiger partial charge in [0.05, 0.1) is 39.6 Å². The highest BCUT2D eigenvalue weighted by Crippen LogP contribution is 2.44. The van der Waals surface area contributed by atoms with Gasteiger partial charge < -0.3 is 37.3 Å². The Morgan fingerprint density at radius 2 is 0.615 bits per heavy atom. The summed E-state index contributed by atoms with van der Waals surface area (Å²) >= 11 is 0. The molecule has 286 valence electrons. The highest BCUT2D eigenvalue weighted by molar-refractivity contribution is 5.67. The number of unbranched alkanes of at least 4 members (excludes halogenated alkanes) is 6. The number of aromatic nitrogens is 4. The molecule has 0 unspecified atom stereocenters. The smallest absolute Gasteiger partial charge is 0.306 e.